The third kappa shape index (κ3) is 9.19. The van der Waals surface area contributed by atoms with Crippen LogP contribution in [-0.2, 0) is 11.5 Å². The van der Waals surface area contributed by atoms with E-state index in [0.29, 0.717) is 18.9 Å². The molecule has 2 aromatic rings. The molecule has 0 spiro atoms. The fourth-order valence-electron chi connectivity index (χ4n) is 1.76. The highest BCUT2D eigenvalue weighted by Crippen LogP contribution is 2.14. The number of aromatic nitrogens is 2. The number of hydrogen-bond acceptors (Lipinski definition) is 9. The first-order valence-corrected chi connectivity index (χ1v) is 11.6. The molecule has 0 saturated carbocycles. The summed E-state index contributed by atoms with van der Waals surface area (Å²) < 4.78 is 0. The number of thiazole rings is 2. The van der Waals surface area contributed by atoms with E-state index in [0.717, 1.165) is 33.0 Å². The molecule has 0 radical (unpaired) electrons. The van der Waals surface area contributed by atoms with E-state index in [9.17, 15) is 10.1 Å². The second-order valence-corrected chi connectivity index (χ2v) is 8.87. The average Bonchev–Trinajstić information content (AvgIpc) is 3.27. The Morgan fingerprint density at radius 2 is 1.80 bits per heavy atom. The van der Waals surface area contributed by atoms with Crippen LogP contribution in [0.3, 0.4) is 0 Å². The molecular formula is C14H19N5O2S4. The molecule has 0 saturated heterocycles. The topological polar surface area (TPSA) is 93.3 Å². The number of nitro groups is 1. The van der Waals surface area contributed by atoms with Crippen molar-refractivity contribution in [2.24, 2.45) is 4.99 Å². The molecule has 0 aliphatic heterocycles. The summed E-state index contributed by atoms with van der Waals surface area (Å²) in [4.78, 5) is 23.2. The van der Waals surface area contributed by atoms with Crippen LogP contribution in [0.25, 0.3) is 0 Å². The van der Waals surface area contributed by atoms with Crippen molar-refractivity contribution in [3.05, 3.63) is 43.3 Å². The third-order valence-electron chi connectivity index (χ3n) is 2.81. The number of nitrogens with zero attached hydrogens (tertiary/aromatic N) is 4. The van der Waals surface area contributed by atoms with Gasteiger partial charge in [0, 0.05) is 57.6 Å². The van der Waals surface area contributed by atoms with Gasteiger partial charge >= 0.3 is 0 Å². The highest BCUT2D eigenvalue weighted by atomic mass is 32.2. The van der Waals surface area contributed by atoms with E-state index in [2.05, 4.69) is 20.3 Å². The van der Waals surface area contributed by atoms with Crippen LogP contribution in [0.4, 0.5) is 0 Å². The van der Waals surface area contributed by atoms with Crippen molar-refractivity contribution in [1.29, 1.82) is 0 Å². The van der Waals surface area contributed by atoms with Gasteiger partial charge in [-0.05, 0) is 0 Å². The van der Waals surface area contributed by atoms with Crippen molar-refractivity contribution in [1.82, 2.24) is 15.3 Å². The van der Waals surface area contributed by atoms with E-state index in [4.69, 9.17) is 0 Å². The van der Waals surface area contributed by atoms with E-state index < -0.39 is 0 Å². The molecule has 11 heteroatoms. The number of nitrogens with one attached hydrogen (secondary N) is 1. The Balaban J connectivity index is 1.61. The summed E-state index contributed by atoms with van der Waals surface area (Å²) in [5.41, 5.74) is 0. The fourth-order valence-corrected chi connectivity index (χ4v) is 4.86. The number of amidine groups is 1. The van der Waals surface area contributed by atoms with E-state index in [1.54, 1.807) is 58.6 Å². The standard InChI is InChI=1S/C14H19N5O2S4/c20-19(21)9-12(15-1-5-22-10-13-17-3-7-24-13)16-2-6-23-11-14-18-4-8-25-14/h3-4,7-8H,1-2,5-6,9-11H2,(H,15,16). The van der Waals surface area contributed by atoms with E-state index in [-0.39, 0.29) is 11.5 Å². The van der Waals surface area contributed by atoms with Crippen molar-refractivity contribution < 1.29 is 4.92 Å². The van der Waals surface area contributed by atoms with Gasteiger partial charge in [0.25, 0.3) is 6.54 Å². The molecule has 2 rings (SSSR count). The lowest BCUT2D eigenvalue weighted by molar-refractivity contribution is -0.463. The molecule has 0 atom stereocenters. The Kier molecular flexibility index (Phi) is 9.85. The fraction of sp³-hybridized carbons (Fsp3) is 0.500. The normalized spacial score (nSPS) is 11.6. The number of rotatable bonds is 12. The van der Waals surface area contributed by atoms with Gasteiger partial charge in [-0.1, -0.05) is 0 Å². The lowest BCUT2D eigenvalue weighted by atomic mass is 10.5. The summed E-state index contributed by atoms with van der Waals surface area (Å²) >= 11 is 6.76. The molecule has 25 heavy (non-hydrogen) atoms. The molecule has 0 fully saturated rings. The minimum absolute atomic E-state index is 0.256. The van der Waals surface area contributed by atoms with Gasteiger partial charge in [0.1, 0.15) is 10.0 Å². The second-order valence-electron chi connectivity index (χ2n) is 4.70. The maximum atomic E-state index is 10.8. The number of hydrogen-bond donors (Lipinski definition) is 1. The monoisotopic (exact) mass is 417 g/mol. The third-order valence-corrected chi connectivity index (χ3v) is 6.65. The van der Waals surface area contributed by atoms with Crippen LogP contribution in [0.1, 0.15) is 10.0 Å². The summed E-state index contributed by atoms with van der Waals surface area (Å²) in [5.74, 6) is 3.86. The summed E-state index contributed by atoms with van der Waals surface area (Å²) in [5, 5.41) is 20.0. The van der Waals surface area contributed by atoms with Crippen molar-refractivity contribution in [3.8, 4) is 0 Å². The quantitative estimate of drug-likeness (QED) is 0.186. The zero-order chi connectivity index (χ0) is 17.7. The number of thioether (sulfide) groups is 2. The maximum absolute atomic E-state index is 10.8. The van der Waals surface area contributed by atoms with Gasteiger partial charge in [-0.15, -0.1) is 22.7 Å². The maximum Gasteiger partial charge on any atom is 0.259 e. The zero-order valence-corrected chi connectivity index (χ0v) is 16.8. The minimum atomic E-state index is -0.350. The predicted molar refractivity (Wildman–Crippen MR) is 109 cm³/mol. The smallest absolute Gasteiger partial charge is 0.259 e. The van der Waals surface area contributed by atoms with Crippen molar-refractivity contribution in [2.75, 3.05) is 31.1 Å². The van der Waals surface area contributed by atoms with Gasteiger partial charge in [-0.25, -0.2) is 9.97 Å². The first-order valence-electron chi connectivity index (χ1n) is 7.55. The summed E-state index contributed by atoms with van der Waals surface area (Å²) in [6.45, 7) is 0.974. The second kappa shape index (κ2) is 12.2. The largest absolute Gasteiger partial charge is 0.368 e. The van der Waals surface area contributed by atoms with Crippen LogP contribution in [0, 0.1) is 10.1 Å². The van der Waals surface area contributed by atoms with Gasteiger partial charge in [0.2, 0.25) is 0 Å². The Labute approximate surface area is 162 Å². The predicted octanol–water partition coefficient (Wildman–Crippen LogP) is 3.03. The molecule has 2 heterocycles. The van der Waals surface area contributed by atoms with Crippen molar-refractivity contribution in [2.45, 2.75) is 11.5 Å². The van der Waals surface area contributed by atoms with Crippen LogP contribution >= 0.6 is 46.2 Å². The summed E-state index contributed by atoms with van der Waals surface area (Å²) in [7, 11) is 0. The molecule has 0 aliphatic carbocycles. The molecular weight excluding hydrogens is 398 g/mol. The molecule has 0 amide bonds. The van der Waals surface area contributed by atoms with Crippen LogP contribution < -0.4 is 5.32 Å². The van der Waals surface area contributed by atoms with E-state index in [1.807, 2.05) is 10.8 Å². The zero-order valence-electron chi connectivity index (χ0n) is 13.5. The molecule has 1 N–H and O–H groups in total. The van der Waals surface area contributed by atoms with Gasteiger partial charge in [-0.2, -0.15) is 23.5 Å². The Morgan fingerprint density at radius 3 is 2.36 bits per heavy atom. The highest BCUT2D eigenvalue weighted by Gasteiger charge is 2.07. The lowest BCUT2D eigenvalue weighted by Gasteiger charge is -2.06. The molecule has 0 aromatic carbocycles. The van der Waals surface area contributed by atoms with Crippen LogP contribution in [0.15, 0.2) is 28.1 Å². The minimum Gasteiger partial charge on any atom is -0.368 e. The first-order chi connectivity index (χ1) is 12.2. The van der Waals surface area contributed by atoms with Crippen LogP contribution in [0.5, 0.6) is 0 Å². The molecule has 0 aliphatic rings. The van der Waals surface area contributed by atoms with Crippen LogP contribution in [-0.4, -0.2) is 51.9 Å². The van der Waals surface area contributed by atoms with Gasteiger partial charge in [0.15, 0.2) is 5.84 Å². The average molecular weight is 418 g/mol. The molecule has 136 valence electrons. The highest BCUT2D eigenvalue weighted by molar-refractivity contribution is 7.98. The first kappa shape index (κ1) is 20.1. The van der Waals surface area contributed by atoms with Gasteiger partial charge in [-0.3, -0.25) is 15.1 Å². The van der Waals surface area contributed by atoms with E-state index >= 15 is 0 Å². The van der Waals surface area contributed by atoms with Crippen molar-refractivity contribution >= 4 is 52.0 Å². The lowest BCUT2D eigenvalue weighted by Crippen LogP contribution is -2.32. The molecule has 7 nitrogen and oxygen atoms in total. The Hall–Kier alpha value is -1.17. The summed E-state index contributed by atoms with van der Waals surface area (Å²) in [6.07, 6.45) is 3.59. The molecule has 2 aromatic heterocycles. The SMILES string of the molecule is O=[N+]([O-])CC(=NCCSCc1nccs1)NCCSCc1nccs1. The Morgan fingerprint density at radius 1 is 1.16 bits per heavy atom. The number of aliphatic imine (C=N–C) groups is 1. The van der Waals surface area contributed by atoms with Gasteiger partial charge in [0.05, 0.1) is 6.54 Å². The molecule has 0 bridgehead atoms. The van der Waals surface area contributed by atoms with Crippen LogP contribution in [0.2, 0.25) is 0 Å². The Bertz CT molecular complexity index is 634. The van der Waals surface area contributed by atoms with E-state index in [1.165, 1.54) is 0 Å². The molecule has 0 unspecified atom stereocenters. The summed E-state index contributed by atoms with van der Waals surface area (Å²) in [6, 6.07) is 0. The van der Waals surface area contributed by atoms with Crippen molar-refractivity contribution in [3.63, 3.8) is 0 Å². The van der Waals surface area contributed by atoms with Gasteiger partial charge < -0.3 is 5.32 Å².